The molecule has 1 amide bonds. The number of non-ortho nitro benzene ring substituents is 1. The number of benzene rings is 1. The lowest BCUT2D eigenvalue weighted by Crippen LogP contribution is -2.51. The summed E-state index contributed by atoms with van der Waals surface area (Å²) in [6.07, 6.45) is 0.343. The number of hydrogen-bond donors (Lipinski definition) is 2. The number of hydrogen-bond acceptors (Lipinski definition) is 5. The van der Waals surface area contributed by atoms with Crippen LogP contribution in [0.25, 0.3) is 0 Å². The molecule has 19 heavy (non-hydrogen) atoms. The minimum absolute atomic E-state index is 0.00609. The van der Waals surface area contributed by atoms with Crippen LogP contribution in [0.3, 0.4) is 0 Å². The summed E-state index contributed by atoms with van der Waals surface area (Å²) >= 11 is 0. The van der Waals surface area contributed by atoms with Gasteiger partial charge in [-0.3, -0.25) is 14.9 Å². The molecular formula is C11H12FN3O4. The molecule has 1 aromatic rings. The largest absolute Gasteiger partial charge is 0.379 e. The Kier molecular flexibility index (Phi) is 3.45. The van der Waals surface area contributed by atoms with E-state index in [0.717, 1.165) is 18.2 Å². The summed E-state index contributed by atoms with van der Waals surface area (Å²) < 4.78 is 18.2. The van der Waals surface area contributed by atoms with Gasteiger partial charge in [-0.05, 0) is 12.5 Å². The van der Waals surface area contributed by atoms with Gasteiger partial charge >= 0.3 is 0 Å². The molecule has 1 atom stereocenters. The monoisotopic (exact) mass is 269 g/mol. The second-order valence-corrected chi connectivity index (χ2v) is 4.37. The molecule has 1 aliphatic rings. The number of rotatable bonds is 3. The minimum Gasteiger partial charge on any atom is -0.379 e. The number of carbonyl (C=O) groups excluding carboxylic acids is 1. The van der Waals surface area contributed by atoms with E-state index in [1.807, 2.05) is 0 Å². The van der Waals surface area contributed by atoms with Gasteiger partial charge in [0.15, 0.2) is 0 Å². The molecule has 7 nitrogen and oxygen atoms in total. The van der Waals surface area contributed by atoms with Gasteiger partial charge in [0.05, 0.1) is 23.3 Å². The standard InChI is InChI=1S/C11H12FN3O4/c12-7-3-8(5-9(4-7)15(17)18)14-10(16)11(13)1-2-19-6-11/h3-5H,1-2,6,13H2,(H,14,16). The van der Waals surface area contributed by atoms with E-state index in [-0.39, 0.29) is 12.3 Å². The smallest absolute Gasteiger partial charge is 0.274 e. The Hall–Kier alpha value is -2.06. The second kappa shape index (κ2) is 4.90. The molecule has 1 aliphatic heterocycles. The first kappa shape index (κ1) is 13.4. The van der Waals surface area contributed by atoms with Crippen LogP contribution in [-0.4, -0.2) is 29.6 Å². The Morgan fingerprint density at radius 1 is 1.53 bits per heavy atom. The van der Waals surface area contributed by atoms with Crippen LogP contribution in [0.2, 0.25) is 0 Å². The third-order valence-corrected chi connectivity index (χ3v) is 2.86. The Morgan fingerprint density at radius 3 is 2.84 bits per heavy atom. The third-order valence-electron chi connectivity index (χ3n) is 2.86. The number of nitrogens with zero attached hydrogens (tertiary/aromatic N) is 1. The Morgan fingerprint density at radius 2 is 2.26 bits per heavy atom. The van der Waals surface area contributed by atoms with Gasteiger partial charge in [0, 0.05) is 12.7 Å². The highest BCUT2D eigenvalue weighted by atomic mass is 19.1. The maximum Gasteiger partial charge on any atom is 0.274 e. The fourth-order valence-electron chi connectivity index (χ4n) is 1.77. The number of anilines is 1. The van der Waals surface area contributed by atoms with Crippen LogP contribution in [0.5, 0.6) is 0 Å². The lowest BCUT2D eigenvalue weighted by molar-refractivity contribution is -0.385. The first-order chi connectivity index (χ1) is 8.90. The van der Waals surface area contributed by atoms with Crippen molar-refractivity contribution in [3.8, 4) is 0 Å². The SMILES string of the molecule is NC1(C(=O)Nc2cc(F)cc([N+](=O)[O-])c2)CCOC1. The van der Waals surface area contributed by atoms with Crippen LogP contribution in [0.4, 0.5) is 15.8 Å². The van der Waals surface area contributed by atoms with Crippen molar-refractivity contribution in [1.29, 1.82) is 0 Å². The molecule has 8 heteroatoms. The molecular weight excluding hydrogens is 257 g/mol. The molecule has 102 valence electrons. The van der Waals surface area contributed by atoms with Crippen molar-refractivity contribution in [2.75, 3.05) is 18.5 Å². The lowest BCUT2D eigenvalue weighted by atomic mass is 9.99. The van der Waals surface area contributed by atoms with Gasteiger partial charge in [-0.2, -0.15) is 0 Å². The number of halogens is 1. The molecule has 2 rings (SSSR count). The molecule has 1 saturated heterocycles. The molecule has 1 fully saturated rings. The van der Waals surface area contributed by atoms with Crippen LogP contribution in [-0.2, 0) is 9.53 Å². The molecule has 0 aliphatic carbocycles. The second-order valence-electron chi connectivity index (χ2n) is 4.37. The van der Waals surface area contributed by atoms with E-state index >= 15 is 0 Å². The van der Waals surface area contributed by atoms with Gasteiger partial charge in [0.25, 0.3) is 5.69 Å². The summed E-state index contributed by atoms with van der Waals surface area (Å²) in [5.41, 5.74) is 4.20. The van der Waals surface area contributed by atoms with Crippen LogP contribution >= 0.6 is 0 Å². The average molecular weight is 269 g/mol. The van der Waals surface area contributed by atoms with Crippen molar-refractivity contribution in [2.45, 2.75) is 12.0 Å². The lowest BCUT2D eigenvalue weighted by Gasteiger charge is -2.20. The van der Waals surface area contributed by atoms with E-state index in [9.17, 15) is 19.3 Å². The van der Waals surface area contributed by atoms with Crippen molar-refractivity contribution in [3.63, 3.8) is 0 Å². The molecule has 1 unspecified atom stereocenters. The van der Waals surface area contributed by atoms with E-state index in [2.05, 4.69) is 5.32 Å². The third kappa shape index (κ3) is 2.85. The van der Waals surface area contributed by atoms with Gasteiger partial charge in [-0.25, -0.2) is 4.39 Å². The van der Waals surface area contributed by atoms with Crippen molar-refractivity contribution in [2.24, 2.45) is 5.73 Å². The topological polar surface area (TPSA) is 107 Å². The van der Waals surface area contributed by atoms with E-state index in [1.165, 1.54) is 0 Å². The number of nitrogens with one attached hydrogen (secondary N) is 1. The van der Waals surface area contributed by atoms with Gasteiger partial charge in [0.1, 0.15) is 11.4 Å². The van der Waals surface area contributed by atoms with Crippen molar-refractivity contribution >= 4 is 17.3 Å². The minimum atomic E-state index is -1.18. The fraction of sp³-hybridized carbons (Fsp3) is 0.364. The highest BCUT2D eigenvalue weighted by Gasteiger charge is 2.38. The van der Waals surface area contributed by atoms with Gasteiger partial charge < -0.3 is 15.8 Å². The van der Waals surface area contributed by atoms with Gasteiger partial charge in [-0.1, -0.05) is 0 Å². The normalized spacial score (nSPS) is 22.2. The zero-order valence-electron chi connectivity index (χ0n) is 9.89. The molecule has 0 radical (unpaired) electrons. The van der Waals surface area contributed by atoms with Crippen LogP contribution in [0.1, 0.15) is 6.42 Å². The maximum absolute atomic E-state index is 13.2. The zero-order chi connectivity index (χ0) is 14.0. The highest BCUT2D eigenvalue weighted by molar-refractivity contribution is 5.98. The molecule has 1 aromatic carbocycles. The molecule has 3 N–H and O–H groups in total. The average Bonchev–Trinajstić information content (AvgIpc) is 2.76. The number of nitro groups is 1. The summed E-state index contributed by atoms with van der Waals surface area (Å²) in [4.78, 5) is 21.8. The molecule has 0 bridgehead atoms. The van der Waals surface area contributed by atoms with Crippen molar-refractivity contribution < 1.29 is 18.8 Å². The van der Waals surface area contributed by atoms with Gasteiger partial charge in [-0.15, -0.1) is 0 Å². The Bertz CT molecular complexity index is 529. The van der Waals surface area contributed by atoms with E-state index in [1.54, 1.807) is 0 Å². The highest BCUT2D eigenvalue weighted by Crippen LogP contribution is 2.22. The van der Waals surface area contributed by atoms with Crippen LogP contribution in [0, 0.1) is 15.9 Å². The molecule has 0 saturated carbocycles. The number of nitro benzene ring substituents is 1. The number of nitrogens with two attached hydrogens (primary N) is 1. The maximum atomic E-state index is 13.2. The summed E-state index contributed by atoms with van der Waals surface area (Å²) in [6, 6.07) is 2.83. The van der Waals surface area contributed by atoms with Gasteiger partial charge in [0.2, 0.25) is 5.91 Å². The van der Waals surface area contributed by atoms with Crippen LogP contribution in [0.15, 0.2) is 18.2 Å². The number of carbonyl (C=O) groups is 1. The van der Waals surface area contributed by atoms with E-state index < -0.39 is 27.9 Å². The Balaban J connectivity index is 2.19. The van der Waals surface area contributed by atoms with Crippen molar-refractivity contribution in [1.82, 2.24) is 0 Å². The predicted octanol–water partition coefficient (Wildman–Crippen LogP) is 0.790. The first-order valence-corrected chi connectivity index (χ1v) is 5.54. The van der Waals surface area contributed by atoms with Crippen molar-refractivity contribution in [3.05, 3.63) is 34.1 Å². The summed E-state index contributed by atoms with van der Waals surface area (Å²) in [6.45, 7) is 0.434. The Labute approximate surface area is 107 Å². The molecule has 0 spiro atoms. The number of amides is 1. The first-order valence-electron chi connectivity index (χ1n) is 5.54. The summed E-state index contributed by atoms with van der Waals surface area (Å²) in [5, 5.41) is 13.0. The quantitative estimate of drug-likeness (QED) is 0.623. The summed E-state index contributed by atoms with van der Waals surface area (Å²) in [7, 11) is 0. The zero-order valence-corrected chi connectivity index (χ0v) is 9.89. The van der Waals surface area contributed by atoms with Crippen LogP contribution < -0.4 is 11.1 Å². The molecule has 0 aromatic heterocycles. The fourth-order valence-corrected chi connectivity index (χ4v) is 1.77. The van der Waals surface area contributed by atoms with E-state index in [4.69, 9.17) is 10.5 Å². The summed E-state index contributed by atoms with van der Waals surface area (Å²) in [5.74, 6) is -1.36. The number of ether oxygens (including phenoxy) is 1. The molecule has 1 heterocycles. The van der Waals surface area contributed by atoms with E-state index in [0.29, 0.717) is 13.0 Å². The predicted molar refractivity (Wildman–Crippen MR) is 64.0 cm³/mol.